The molecule has 0 aliphatic carbocycles. The number of carbonyl (C=O) groups excluding carboxylic acids is 1. The summed E-state index contributed by atoms with van der Waals surface area (Å²) in [4.78, 5) is 17.9. The molecule has 2 aromatic heterocycles. The van der Waals surface area contributed by atoms with Crippen molar-refractivity contribution in [1.29, 1.82) is 0 Å². The third kappa shape index (κ3) is 3.12. The van der Waals surface area contributed by atoms with Crippen molar-refractivity contribution < 1.29 is 9.21 Å². The van der Waals surface area contributed by atoms with Crippen molar-refractivity contribution in [3.8, 4) is 5.69 Å². The fourth-order valence-electron chi connectivity index (χ4n) is 2.25. The zero-order chi connectivity index (χ0) is 16.4. The number of carbonyl (C=O) groups is 1. The van der Waals surface area contributed by atoms with Gasteiger partial charge in [0.15, 0.2) is 11.0 Å². The average Bonchev–Trinajstić information content (AvgIpc) is 3.24. The summed E-state index contributed by atoms with van der Waals surface area (Å²) in [6.45, 7) is 1.95. The van der Waals surface area contributed by atoms with E-state index in [0.717, 1.165) is 11.3 Å². The van der Waals surface area contributed by atoms with E-state index in [-0.39, 0.29) is 22.9 Å². The average molecular weight is 331 g/mol. The van der Waals surface area contributed by atoms with Gasteiger partial charge in [-0.2, -0.15) is 5.10 Å². The molecule has 0 saturated carbocycles. The van der Waals surface area contributed by atoms with E-state index >= 15 is 0 Å². The van der Waals surface area contributed by atoms with Gasteiger partial charge in [-0.25, -0.2) is 9.67 Å². The van der Waals surface area contributed by atoms with E-state index in [0.29, 0.717) is 0 Å². The van der Waals surface area contributed by atoms with Gasteiger partial charge in [-0.3, -0.25) is 4.79 Å². The number of furan rings is 1. The Morgan fingerprint density at radius 3 is 2.57 bits per heavy atom. The van der Waals surface area contributed by atoms with Crippen LogP contribution in [0.1, 0.15) is 29.1 Å². The molecule has 23 heavy (non-hydrogen) atoms. The molecular formula is C16H15ClN4O2. The molecule has 0 fully saturated rings. The zero-order valence-electron chi connectivity index (χ0n) is 12.7. The van der Waals surface area contributed by atoms with Crippen LogP contribution in [0.5, 0.6) is 0 Å². The predicted octanol–water partition coefficient (Wildman–Crippen LogP) is 3.35. The number of halogens is 1. The fraction of sp³-hybridized carbons (Fsp3) is 0.188. The Labute approximate surface area is 138 Å². The summed E-state index contributed by atoms with van der Waals surface area (Å²) in [5.41, 5.74) is 1.91. The van der Waals surface area contributed by atoms with Crippen molar-refractivity contribution in [2.75, 3.05) is 7.05 Å². The first-order valence-electron chi connectivity index (χ1n) is 7.03. The van der Waals surface area contributed by atoms with Gasteiger partial charge in [0.05, 0.1) is 11.7 Å². The van der Waals surface area contributed by atoms with Gasteiger partial charge < -0.3 is 9.32 Å². The van der Waals surface area contributed by atoms with Crippen LogP contribution in [0.4, 0.5) is 0 Å². The first-order chi connectivity index (χ1) is 11.1. The van der Waals surface area contributed by atoms with Crippen molar-refractivity contribution in [3.63, 3.8) is 0 Å². The van der Waals surface area contributed by atoms with Crippen LogP contribution in [-0.4, -0.2) is 32.6 Å². The predicted molar refractivity (Wildman–Crippen MR) is 85.6 cm³/mol. The Balaban J connectivity index is 1.77. The molecule has 0 N–H and O–H groups in total. The molecule has 0 aliphatic heterocycles. The van der Waals surface area contributed by atoms with Crippen LogP contribution in [0.25, 0.3) is 5.69 Å². The summed E-state index contributed by atoms with van der Waals surface area (Å²) in [5.74, 6) is 0.00772. The van der Waals surface area contributed by atoms with Gasteiger partial charge in [-0.05, 0) is 48.4 Å². The smallest absolute Gasteiger partial charge is 0.289 e. The van der Waals surface area contributed by atoms with Gasteiger partial charge in [0.1, 0.15) is 12.7 Å². The standard InChI is InChI=1S/C16H15ClN4O2/c1-11(20(2)16(22)14-7-8-15(17)23-14)12-3-5-13(6-4-12)21-10-18-9-19-21/h3-11H,1-2H3/t11-/m0/s1. The summed E-state index contributed by atoms with van der Waals surface area (Å²) < 4.78 is 6.85. The summed E-state index contributed by atoms with van der Waals surface area (Å²) >= 11 is 5.72. The zero-order valence-corrected chi connectivity index (χ0v) is 13.4. The van der Waals surface area contributed by atoms with Crippen molar-refractivity contribution in [2.45, 2.75) is 13.0 Å². The molecule has 1 aromatic carbocycles. The van der Waals surface area contributed by atoms with Crippen molar-refractivity contribution in [2.24, 2.45) is 0 Å². The van der Waals surface area contributed by atoms with Gasteiger partial charge in [-0.1, -0.05) is 12.1 Å². The highest BCUT2D eigenvalue weighted by Crippen LogP contribution is 2.23. The quantitative estimate of drug-likeness (QED) is 0.736. The number of nitrogens with zero attached hydrogens (tertiary/aromatic N) is 4. The molecule has 7 heteroatoms. The van der Waals surface area contributed by atoms with Crippen LogP contribution < -0.4 is 0 Å². The number of hydrogen-bond donors (Lipinski definition) is 0. The molecule has 0 aliphatic rings. The summed E-state index contributed by atoms with van der Waals surface area (Å²) in [6, 6.07) is 10.8. The Kier molecular flexibility index (Phi) is 4.16. The molecule has 6 nitrogen and oxygen atoms in total. The number of aromatic nitrogens is 3. The molecule has 0 bridgehead atoms. The van der Waals surface area contributed by atoms with E-state index in [1.54, 1.807) is 35.1 Å². The van der Waals surface area contributed by atoms with Crippen LogP contribution >= 0.6 is 11.6 Å². The van der Waals surface area contributed by atoms with E-state index < -0.39 is 0 Å². The second-order valence-electron chi connectivity index (χ2n) is 5.13. The number of benzene rings is 1. The number of rotatable bonds is 4. The molecule has 1 atom stereocenters. The van der Waals surface area contributed by atoms with Crippen LogP contribution in [0.15, 0.2) is 53.5 Å². The Bertz CT molecular complexity index is 796. The molecule has 0 radical (unpaired) electrons. The summed E-state index contributed by atoms with van der Waals surface area (Å²) in [5, 5.41) is 4.28. The SMILES string of the molecule is C[C@@H](c1ccc(-n2cncn2)cc1)N(C)C(=O)c1ccc(Cl)o1. The highest BCUT2D eigenvalue weighted by atomic mass is 35.5. The van der Waals surface area contributed by atoms with Gasteiger partial charge in [0.2, 0.25) is 0 Å². The van der Waals surface area contributed by atoms with Crippen LogP contribution in [0.3, 0.4) is 0 Å². The Morgan fingerprint density at radius 1 is 1.26 bits per heavy atom. The summed E-state index contributed by atoms with van der Waals surface area (Å²) in [7, 11) is 1.73. The maximum Gasteiger partial charge on any atom is 0.289 e. The van der Waals surface area contributed by atoms with Crippen LogP contribution in [0, 0.1) is 0 Å². The van der Waals surface area contributed by atoms with Crippen molar-refractivity contribution in [1.82, 2.24) is 19.7 Å². The first kappa shape index (κ1) is 15.3. The molecular weight excluding hydrogens is 316 g/mol. The van der Waals surface area contributed by atoms with Crippen molar-refractivity contribution in [3.05, 3.63) is 65.6 Å². The topological polar surface area (TPSA) is 64.2 Å². The van der Waals surface area contributed by atoms with E-state index in [1.807, 2.05) is 31.2 Å². The highest BCUT2D eigenvalue weighted by Gasteiger charge is 2.21. The highest BCUT2D eigenvalue weighted by molar-refractivity contribution is 6.29. The minimum atomic E-state index is -0.218. The lowest BCUT2D eigenvalue weighted by Crippen LogP contribution is -2.29. The third-order valence-corrected chi connectivity index (χ3v) is 3.95. The van der Waals surface area contributed by atoms with Crippen molar-refractivity contribution >= 4 is 17.5 Å². The van der Waals surface area contributed by atoms with E-state index in [1.165, 1.54) is 6.33 Å². The molecule has 0 saturated heterocycles. The number of hydrogen-bond acceptors (Lipinski definition) is 4. The first-order valence-corrected chi connectivity index (χ1v) is 7.41. The lowest BCUT2D eigenvalue weighted by Gasteiger charge is -2.24. The Hall–Kier alpha value is -2.60. The lowest BCUT2D eigenvalue weighted by atomic mass is 10.1. The molecule has 3 aromatic rings. The molecule has 0 unspecified atom stereocenters. The van der Waals surface area contributed by atoms with Gasteiger partial charge in [-0.15, -0.1) is 0 Å². The van der Waals surface area contributed by atoms with E-state index in [9.17, 15) is 4.79 Å². The molecule has 0 spiro atoms. The normalized spacial score (nSPS) is 12.1. The van der Waals surface area contributed by atoms with Gasteiger partial charge >= 0.3 is 0 Å². The van der Waals surface area contributed by atoms with E-state index in [4.69, 9.17) is 16.0 Å². The second kappa shape index (κ2) is 6.26. The van der Waals surface area contributed by atoms with Crippen LogP contribution in [-0.2, 0) is 0 Å². The molecule has 2 heterocycles. The van der Waals surface area contributed by atoms with E-state index in [2.05, 4.69) is 10.1 Å². The monoisotopic (exact) mass is 330 g/mol. The maximum absolute atomic E-state index is 12.4. The maximum atomic E-state index is 12.4. The summed E-state index contributed by atoms with van der Waals surface area (Å²) in [6.07, 6.45) is 3.12. The third-order valence-electron chi connectivity index (χ3n) is 3.74. The lowest BCUT2D eigenvalue weighted by molar-refractivity contribution is 0.0710. The Morgan fingerprint density at radius 2 is 2.00 bits per heavy atom. The van der Waals surface area contributed by atoms with Gasteiger partial charge in [0.25, 0.3) is 5.91 Å². The molecule has 118 valence electrons. The molecule has 1 amide bonds. The number of amides is 1. The van der Waals surface area contributed by atoms with Gasteiger partial charge in [0, 0.05) is 7.05 Å². The van der Waals surface area contributed by atoms with Crippen LogP contribution in [0.2, 0.25) is 5.22 Å². The second-order valence-corrected chi connectivity index (χ2v) is 5.50. The minimum absolute atomic E-state index is 0.115. The largest absolute Gasteiger partial charge is 0.440 e. The fourth-order valence-corrected chi connectivity index (χ4v) is 2.40. The molecule has 3 rings (SSSR count). The minimum Gasteiger partial charge on any atom is -0.440 e.